The zero-order valence-electron chi connectivity index (χ0n) is 10.1. The third-order valence-corrected chi connectivity index (χ3v) is 2.70. The molecule has 1 heterocycles. The Labute approximate surface area is 107 Å². The summed E-state index contributed by atoms with van der Waals surface area (Å²) < 4.78 is 38.4. The van der Waals surface area contributed by atoms with Crippen molar-refractivity contribution >= 4 is 5.78 Å². The number of hydrogen-bond acceptors (Lipinski definition) is 2. The Hall–Kier alpha value is -2.11. The van der Waals surface area contributed by atoms with Crippen LogP contribution in [-0.2, 0) is 12.6 Å². The number of aromatic nitrogens is 2. The van der Waals surface area contributed by atoms with Crippen LogP contribution in [0, 0.1) is 0 Å². The number of aromatic amines is 1. The fourth-order valence-electron chi connectivity index (χ4n) is 1.79. The molecule has 0 aliphatic carbocycles. The van der Waals surface area contributed by atoms with Gasteiger partial charge >= 0.3 is 6.18 Å². The van der Waals surface area contributed by atoms with Crippen LogP contribution in [0.2, 0.25) is 0 Å². The highest BCUT2D eigenvalue weighted by Crippen LogP contribution is 2.32. The van der Waals surface area contributed by atoms with Gasteiger partial charge in [-0.25, -0.2) is 0 Å². The predicted octanol–water partition coefficient (Wildman–Crippen LogP) is 3.22. The second kappa shape index (κ2) is 4.87. The zero-order valence-corrected chi connectivity index (χ0v) is 10.1. The van der Waals surface area contributed by atoms with Gasteiger partial charge in [-0.3, -0.25) is 9.89 Å². The predicted molar refractivity (Wildman–Crippen MR) is 62.8 cm³/mol. The molecule has 19 heavy (non-hydrogen) atoms. The lowest BCUT2D eigenvalue weighted by Gasteiger charge is -2.11. The number of Topliss-reactive ketones (excluding diaryl/α,β-unsaturated/α-hetero) is 1. The standard InChI is InChI=1S/C13H11F3N2O/c1-8(19)12-7-10(17-18-12)6-9-4-2-3-5-11(9)13(14,15)16/h2-5,7H,6H2,1H3,(H,17,18). The maximum absolute atomic E-state index is 12.8. The van der Waals surface area contributed by atoms with Gasteiger partial charge in [-0.1, -0.05) is 18.2 Å². The van der Waals surface area contributed by atoms with Crippen molar-refractivity contribution in [3.8, 4) is 0 Å². The highest BCUT2D eigenvalue weighted by molar-refractivity contribution is 5.92. The number of alkyl halides is 3. The second-order valence-electron chi connectivity index (χ2n) is 4.17. The number of benzene rings is 1. The molecule has 0 saturated carbocycles. The van der Waals surface area contributed by atoms with Crippen LogP contribution in [0.25, 0.3) is 0 Å². The van der Waals surface area contributed by atoms with Crippen molar-refractivity contribution in [1.82, 2.24) is 10.2 Å². The first kappa shape index (κ1) is 13.3. The highest BCUT2D eigenvalue weighted by atomic mass is 19.4. The molecule has 3 nitrogen and oxygen atoms in total. The summed E-state index contributed by atoms with van der Waals surface area (Å²) in [4.78, 5) is 11.1. The van der Waals surface area contributed by atoms with Gasteiger partial charge in [0.25, 0.3) is 0 Å². The van der Waals surface area contributed by atoms with Gasteiger partial charge < -0.3 is 0 Å². The lowest BCUT2D eigenvalue weighted by molar-refractivity contribution is -0.138. The molecule has 0 aliphatic heterocycles. The highest BCUT2D eigenvalue weighted by Gasteiger charge is 2.32. The number of nitrogens with one attached hydrogen (secondary N) is 1. The van der Waals surface area contributed by atoms with Crippen LogP contribution in [0.3, 0.4) is 0 Å². The van der Waals surface area contributed by atoms with Crippen LogP contribution in [-0.4, -0.2) is 16.0 Å². The first-order chi connectivity index (χ1) is 8.88. The van der Waals surface area contributed by atoms with Gasteiger partial charge in [0.15, 0.2) is 5.78 Å². The molecule has 1 N–H and O–H groups in total. The van der Waals surface area contributed by atoms with E-state index in [0.717, 1.165) is 6.07 Å². The van der Waals surface area contributed by atoms with Crippen LogP contribution in [0.1, 0.15) is 34.2 Å². The Morgan fingerprint density at radius 3 is 2.58 bits per heavy atom. The number of rotatable bonds is 3. The Balaban J connectivity index is 2.30. The Morgan fingerprint density at radius 2 is 2.00 bits per heavy atom. The fraction of sp³-hybridized carbons (Fsp3) is 0.231. The van der Waals surface area contributed by atoms with Crippen molar-refractivity contribution in [2.75, 3.05) is 0 Å². The maximum atomic E-state index is 12.8. The van der Waals surface area contributed by atoms with Gasteiger partial charge in [0, 0.05) is 19.0 Å². The molecule has 0 aliphatic rings. The van der Waals surface area contributed by atoms with Crippen LogP contribution >= 0.6 is 0 Å². The molecule has 6 heteroatoms. The Kier molecular flexibility index (Phi) is 3.42. The second-order valence-corrected chi connectivity index (χ2v) is 4.17. The summed E-state index contributed by atoms with van der Waals surface area (Å²) in [6.07, 6.45) is -4.34. The van der Waals surface area contributed by atoms with E-state index in [-0.39, 0.29) is 23.5 Å². The van der Waals surface area contributed by atoms with Crippen LogP contribution in [0.4, 0.5) is 13.2 Å². The molecular weight excluding hydrogens is 257 g/mol. The molecule has 1 aromatic carbocycles. The summed E-state index contributed by atoms with van der Waals surface area (Å²) in [6.45, 7) is 1.35. The lowest BCUT2D eigenvalue weighted by Crippen LogP contribution is -2.09. The van der Waals surface area contributed by atoms with Gasteiger partial charge in [0.2, 0.25) is 0 Å². The SMILES string of the molecule is CC(=O)c1cc(Cc2ccccc2C(F)(F)F)[nH]n1. The molecule has 0 fully saturated rings. The minimum atomic E-state index is -4.39. The van der Waals surface area contributed by atoms with Crippen LogP contribution < -0.4 is 0 Å². The maximum Gasteiger partial charge on any atom is 0.416 e. The quantitative estimate of drug-likeness (QED) is 0.869. The number of nitrogens with zero attached hydrogens (tertiary/aromatic N) is 1. The van der Waals surface area contributed by atoms with Crippen LogP contribution in [0.5, 0.6) is 0 Å². The van der Waals surface area contributed by atoms with Crippen molar-refractivity contribution in [2.24, 2.45) is 0 Å². The van der Waals surface area contributed by atoms with Crippen LogP contribution in [0.15, 0.2) is 30.3 Å². The van der Waals surface area contributed by atoms with E-state index in [0.29, 0.717) is 5.69 Å². The summed E-state index contributed by atoms with van der Waals surface area (Å²) in [5.41, 5.74) is 0.170. The Bertz CT molecular complexity index is 602. The normalized spacial score (nSPS) is 11.6. The van der Waals surface area contributed by atoms with Gasteiger partial charge in [-0.2, -0.15) is 18.3 Å². The summed E-state index contributed by atoms with van der Waals surface area (Å²) in [7, 11) is 0. The van der Waals surface area contributed by atoms with E-state index in [9.17, 15) is 18.0 Å². The number of halogens is 3. The van der Waals surface area contributed by atoms with Crippen molar-refractivity contribution in [2.45, 2.75) is 19.5 Å². The summed E-state index contributed by atoms with van der Waals surface area (Å²) in [5, 5.41) is 6.32. The smallest absolute Gasteiger partial charge is 0.293 e. The zero-order chi connectivity index (χ0) is 14.0. The average Bonchev–Trinajstić information content (AvgIpc) is 2.77. The number of carbonyl (C=O) groups is 1. The molecule has 0 amide bonds. The number of H-pyrrole nitrogens is 1. The molecule has 0 saturated heterocycles. The van der Waals surface area contributed by atoms with Gasteiger partial charge in [0.05, 0.1) is 5.56 Å². The van der Waals surface area contributed by atoms with Crippen molar-refractivity contribution < 1.29 is 18.0 Å². The summed E-state index contributed by atoms with van der Waals surface area (Å²) in [6, 6.07) is 6.82. The molecule has 0 unspecified atom stereocenters. The van der Waals surface area contributed by atoms with Gasteiger partial charge in [-0.05, 0) is 17.7 Å². The van der Waals surface area contributed by atoms with E-state index in [1.165, 1.54) is 25.1 Å². The molecule has 0 atom stereocenters. The summed E-state index contributed by atoms with van der Waals surface area (Å²) >= 11 is 0. The van der Waals surface area contributed by atoms with Crippen molar-refractivity contribution in [1.29, 1.82) is 0 Å². The van der Waals surface area contributed by atoms with E-state index in [1.807, 2.05) is 0 Å². The third-order valence-electron chi connectivity index (χ3n) is 2.70. The topological polar surface area (TPSA) is 45.8 Å². The number of hydrogen-bond donors (Lipinski definition) is 1. The van der Waals surface area contributed by atoms with Gasteiger partial charge in [-0.15, -0.1) is 0 Å². The number of carbonyl (C=O) groups excluding carboxylic acids is 1. The molecule has 0 radical (unpaired) electrons. The fourth-order valence-corrected chi connectivity index (χ4v) is 1.79. The van der Waals surface area contributed by atoms with E-state index in [1.54, 1.807) is 6.07 Å². The first-order valence-corrected chi connectivity index (χ1v) is 5.58. The molecule has 0 spiro atoms. The van der Waals surface area contributed by atoms with E-state index in [2.05, 4.69) is 10.2 Å². The summed E-state index contributed by atoms with van der Waals surface area (Å²) in [5.74, 6) is -0.230. The minimum Gasteiger partial charge on any atom is -0.293 e. The first-order valence-electron chi connectivity index (χ1n) is 5.58. The third kappa shape index (κ3) is 3.01. The molecule has 1 aromatic heterocycles. The molecule has 0 bridgehead atoms. The molecule has 2 rings (SSSR count). The van der Waals surface area contributed by atoms with Crippen molar-refractivity contribution in [3.63, 3.8) is 0 Å². The minimum absolute atomic E-state index is 0.0516. The molecule has 100 valence electrons. The molecular formula is C13H11F3N2O. The average molecular weight is 268 g/mol. The molecule has 2 aromatic rings. The van der Waals surface area contributed by atoms with E-state index < -0.39 is 11.7 Å². The van der Waals surface area contributed by atoms with E-state index >= 15 is 0 Å². The lowest BCUT2D eigenvalue weighted by atomic mass is 10.0. The Morgan fingerprint density at radius 1 is 1.32 bits per heavy atom. The largest absolute Gasteiger partial charge is 0.416 e. The van der Waals surface area contributed by atoms with E-state index in [4.69, 9.17) is 0 Å². The monoisotopic (exact) mass is 268 g/mol. The number of ketones is 1. The van der Waals surface area contributed by atoms with Gasteiger partial charge in [0.1, 0.15) is 5.69 Å². The van der Waals surface area contributed by atoms with Crippen molar-refractivity contribution in [3.05, 3.63) is 52.8 Å².